The zero-order chi connectivity index (χ0) is 12.3. The van der Waals surface area contributed by atoms with Crippen LogP contribution in [-0.4, -0.2) is 10.2 Å². The number of nitro groups is 1. The highest BCUT2D eigenvalue weighted by atomic mass is 32.2. The lowest BCUT2D eigenvalue weighted by Crippen LogP contribution is -2.06. The third-order valence-corrected chi connectivity index (χ3v) is 3.88. The van der Waals surface area contributed by atoms with Crippen molar-refractivity contribution in [1.82, 2.24) is 0 Å². The molecule has 88 valence electrons. The van der Waals surface area contributed by atoms with E-state index in [1.165, 1.54) is 17.8 Å². The van der Waals surface area contributed by atoms with Gasteiger partial charge in [-0.3, -0.25) is 10.1 Å². The van der Waals surface area contributed by atoms with Gasteiger partial charge in [0.1, 0.15) is 0 Å². The highest BCUT2D eigenvalue weighted by Crippen LogP contribution is 2.35. The average Bonchev–Trinajstić information content (AvgIpc) is 2.16. The van der Waals surface area contributed by atoms with Crippen LogP contribution in [0.3, 0.4) is 0 Å². The number of thioether (sulfide) groups is 1. The summed E-state index contributed by atoms with van der Waals surface area (Å²) in [6.07, 6.45) is 0. The SMILES string of the molecule is CC(C)C(C)Sc1cccc(F)c1[N+](=O)[O-]. The minimum absolute atomic E-state index is 0.209. The van der Waals surface area contributed by atoms with Crippen molar-refractivity contribution in [1.29, 1.82) is 0 Å². The molecule has 0 fully saturated rings. The Morgan fingerprint density at radius 3 is 2.50 bits per heavy atom. The topological polar surface area (TPSA) is 43.1 Å². The van der Waals surface area contributed by atoms with Gasteiger partial charge in [0.15, 0.2) is 0 Å². The summed E-state index contributed by atoms with van der Waals surface area (Å²) in [6.45, 7) is 6.04. The van der Waals surface area contributed by atoms with Crippen LogP contribution in [0.1, 0.15) is 20.8 Å². The Bertz CT molecular complexity index is 396. The fourth-order valence-electron chi connectivity index (χ4n) is 1.10. The van der Waals surface area contributed by atoms with E-state index >= 15 is 0 Å². The maximum atomic E-state index is 13.3. The monoisotopic (exact) mass is 243 g/mol. The van der Waals surface area contributed by atoms with E-state index in [4.69, 9.17) is 0 Å². The molecule has 1 atom stereocenters. The first kappa shape index (κ1) is 13.0. The van der Waals surface area contributed by atoms with Crippen molar-refractivity contribution >= 4 is 17.4 Å². The van der Waals surface area contributed by atoms with Gasteiger partial charge in [0.25, 0.3) is 0 Å². The van der Waals surface area contributed by atoms with Gasteiger partial charge < -0.3 is 0 Å². The normalized spacial score (nSPS) is 12.8. The van der Waals surface area contributed by atoms with Crippen molar-refractivity contribution in [2.24, 2.45) is 5.92 Å². The van der Waals surface area contributed by atoms with Gasteiger partial charge in [-0.2, -0.15) is 4.39 Å². The van der Waals surface area contributed by atoms with E-state index in [0.717, 1.165) is 6.07 Å². The Balaban J connectivity index is 3.04. The first-order chi connectivity index (χ1) is 7.43. The first-order valence-corrected chi connectivity index (χ1v) is 5.91. The number of benzene rings is 1. The molecule has 1 aromatic carbocycles. The first-order valence-electron chi connectivity index (χ1n) is 5.03. The molecule has 0 amide bonds. The van der Waals surface area contributed by atoms with Gasteiger partial charge in [-0.05, 0) is 18.1 Å². The van der Waals surface area contributed by atoms with Gasteiger partial charge in [-0.25, -0.2) is 0 Å². The maximum Gasteiger partial charge on any atom is 0.318 e. The Labute approximate surface area is 98.2 Å². The summed E-state index contributed by atoms with van der Waals surface area (Å²) in [5, 5.41) is 11.0. The molecule has 5 heteroatoms. The van der Waals surface area contributed by atoms with E-state index in [9.17, 15) is 14.5 Å². The maximum absolute atomic E-state index is 13.3. The molecule has 1 rings (SSSR count). The van der Waals surface area contributed by atoms with Crippen molar-refractivity contribution in [3.8, 4) is 0 Å². The summed E-state index contributed by atoms with van der Waals surface area (Å²) >= 11 is 1.34. The fraction of sp³-hybridized carbons (Fsp3) is 0.455. The summed E-state index contributed by atoms with van der Waals surface area (Å²) < 4.78 is 13.3. The van der Waals surface area contributed by atoms with Crippen molar-refractivity contribution in [3.63, 3.8) is 0 Å². The molecule has 16 heavy (non-hydrogen) atoms. The van der Waals surface area contributed by atoms with Gasteiger partial charge in [0, 0.05) is 5.25 Å². The van der Waals surface area contributed by atoms with Crippen molar-refractivity contribution in [3.05, 3.63) is 34.1 Å². The molecular weight excluding hydrogens is 229 g/mol. The second-order valence-electron chi connectivity index (χ2n) is 3.91. The van der Waals surface area contributed by atoms with E-state index in [2.05, 4.69) is 0 Å². The quantitative estimate of drug-likeness (QED) is 0.458. The largest absolute Gasteiger partial charge is 0.318 e. The van der Waals surface area contributed by atoms with Crippen LogP contribution in [0.25, 0.3) is 0 Å². The van der Waals surface area contributed by atoms with Gasteiger partial charge in [-0.15, -0.1) is 11.8 Å². The Morgan fingerprint density at radius 1 is 1.38 bits per heavy atom. The van der Waals surface area contributed by atoms with Crippen molar-refractivity contribution in [2.75, 3.05) is 0 Å². The molecule has 0 N–H and O–H groups in total. The molecule has 0 aliphatic heterocycles. The standard InChI is InChI=1S/C11H14FNO2S/c1-7(2)8(3)16-10-6-4-5-9(12)11(10)13(14)15/h4-8H,1-3H3. The number of nitro benzene ring substituents is 1. The van der Waals surface area contributed by atoms with Crippen LogP contribution in [0.4, 0.5) is 10.1 Å². The number of para-hydroxylation sites is 1. The Kier molecular flexibility index (Phi) is 4.29. The van der Waals surface area contributed by atoms with E-state index in [1.54, 1.807) is 6.07 Å². The molecule has 0 bridgehead atoms. The fourth-order valence-corrected chi connectivity index (χ4v) is 2.22. The number of rotatable bonds is 4. The molecule has 0 aliphatic carbocycles. The lowest BCUT2D eigenvalue weighted by Gasteiger charge is -2.14. The van der Waals surface area contributed by atoms with E-state index in [-0.39, 0.29) is 5.25 Å². The second-order valence-corrected chi connectivity index (χ2v) is 5.33. The molecule has 0 saturated carbocycles. The van der Waals surface area contributed by atoms with Crippen molar-refractivity contribution in [2.45, 2.75) is 30.9 Å². The smallest absolute Gasteiger partial charge is 0.258 e. The lowest BCUT2D eigenvalue weighted by molar-refractivity contribution is -0.390. The van der Waals surface area contributed by atoms with Crippen LogP contribution in [0.15, 0.2) is 23.1 Å². The summed E-state index contributed by atoms with van der Waals surface area (Å²) in [7, 11) is 0. The predicted octanol–water partition coefficient (Wildman–Crippen LogP) is 3.87. The molecule has 1 unspecified atom stereocenters. The van der Waals surface area contributed by atoms with Gasteiger partial charge >= 0.3 is 5.69 Å². The van der Waals surface area contributed by atoms with E-state index < -0.39 is 16.4 Å². The highest BCUT2D eigenvalue weighted by molar-refractivity contribution is 8.00. The second kappa shape index (κ2) is 5.30. The number of hydrogen-bond acceptors (Lipinski definition) is 3. The Morgan fingerprint density at radius 2 is 2.00 bits per heavy atom. The molecular formula is C11H14FNO2S. The number of hydrogen-bond donors (Lipinski definition) is 0. The Hall–Kier alpha value is -1.10. The van der Waals surface area contributed by atoms with Crippen LogP contribution in [0.5, 0.6) is 0 Å². The summed E-state index contributed by atoms with van der Waals surface area (Å²) in [4.78, 5) is 10.5. The third kappa shape index (κ3) is 2.95. The van der Waals surface area contributed by atoms with Gasteiger partial charge in [0.05, 0.1) is 9.82 Å². The van der Waals surface area contributed by atoms with Crippen LogP contribution in [0, 0.1) is 21.8 Å². The van der Waals surface area contributed by atoms with Crippen molar-refractivity contribution < 1.29 is 9.31 Å². The van der Waals surface area contributed by atoms with E-state index in [1.807, 2.05) is 20.8 Å². The molecule has 0 aromatic heterocycles. The third-order valence-electron chi connectivity index (χ3n) is 2.38. The molecule has 3 nitrogen and oxygen atoms in total. The lowest BCUT2D eigenvalue weighted by atomic mass is 10.2. The number of nitrogens with zero attached hydrogens (tertiary/aromatic N) is 1. The molecule has 0 saturated heterocycles. The molecule has 1 aromatic rings. The summed E-state index contributed by atoms with van der Waals surface area (Å²) in [6, 6.07) is 4.20. The highest BCUT2D eigenvalue weighted by Gasteiger charge is 2.22. The minimum Gasteiger partial charge on any atom is -0.258 e. The van der Waals surface area contributed by atoms with Gasteiger partial charge in [-0.1, -0.05) is 26.8 Å². The van der Waals surface area contributed by atoms with Crippen LogP contribution >= 0.6 is 11.8 Å². The van der Waals surface area contributed by atoms with E-state index in [0.29, 0.717) is 10.8 Å². The van der Waals surface area contributed by atoms with Crippen LogP contribution < -0.4 is 0 Å². The molecule has 0 heterocycles. The van der Waals surface area contributed by atoms with Crippen LogP contribution in [-0.2, 0) is 0 Å². The predicted molar refractivity (Wildman–Crippen MR) is 63.2 cm³/mol. The average molecular weight is 243 g/mol. The van der Waals surface area contributed by atoms with Crippen LogP contribution in [0.2, 0.25) is 0 Å². The van der Waals surface area contributed by atoms with Gasteiger partial charge in [0.2, 0.25) is 5.82 Å². The summed E-state index contributed by atoms with van der Waals surface area (Å²) in [5.74, 6) is -0.390. The zero-order valence-electron chi connectivity index (χ0n) is 9.44. The molecule has 0 radical (unpaired) electrons. The minimum atomic E-state index is -0.772. The molecule has 0 spiro atoms. The number of halogens is 1. The molecule has 0 aliphatic rings. The zero-order valence-corrected chi connectivity index (χ0v) is 10.3. The summed E-state index contributed by atoms with van der Waals surface area (Å²) in [5.41, 5.74) is -0.417.